The number of carboxylic acids is 1. The molecule has 0 saturated heterocycles. The Kier molecular flexibility index (Phi) is 6.72. The first kappa shape index (κ1) is 19.9. The molecular formula is C12H16NO10P. The number of aliphatic hydroxyl groups is 3. The van der Waals surface area contributed by atoms with Crippen LogP contribution in [0.4, 0.5) is 5.69 Å². The van der Waals surface area contributed by atoms with Crippen molar-refractivity contribution < 1.29 is 49.2 Å². The summed E-state index contributed by atoms with van der Waals surface area (Å²) < 4.78 is 14.5. The monoisotopic (exact) mass is 365 g/mol. The highest BCUT2D eigenvalue weighted by atomic mass is 31.2. The zero-order valence-electron chi connectivity index (χ0n) is 12.0. The van der Waals surface area contributed by atoms with E-state index in [2.05, 4.69) is 9.84 Å². The van der Waals surface area contributed by atoms with Crippen molar-refractivity contribution in [1.82, 2.24) is 0 Å². The number of aromatic carboxylic acids is 1. The molecule has 0 saturated carbocycles. The summed E-state index contributed by atoms with van der Waals surface area (Å²) in [5.41, 5.74) is -0.348. The first-order valence-corrected chi connectivity index (χ1v) is 7.82. The van der Waals surface area contributed by atoms with Crippen LogP contribution in [-0.4, -0.2) is 60.1 Å². The van der Waals surface area contributed by atoms with E-state index in [-0.39, 0.29) is 17.0 Å². The molecule has 12 heteroatoms. The second kappa shape index (κ2) is 8.11. The second-order valence-electron chi connectivity index (χ2n) is 4.55. The molecule has 134 valence electrons. The number of anilines is 1. The number of phosphoric ester groups is 1. The van der Waals surface area contributed by atoms with Gasteiger partial charge in [-0.2, -0.15) is 0 Å². The molecule has 1 rings (SSSR count). The van der Waals surface area contributed by atoms with E-state index in [9.17, 15) is 29.8 Å². The van der Waals surface area contributed by atoms with Gasteiger partial charge >= 0.3 is 13.8 Å². The average Bonchev–Trinajstić information content (AvgIpc) is 2.49. The van der Waals surface area contributed by atoms with Gasteiger partial charge in [-0.05, 0) is 18.2 Å². The number of benzene rings is 1. The van der Waals surface area contributed by atoms with Gasteiger partial charge in [-0.1, -0.05) is 0 Å². The minimum atomic E-state index is -4.85. The Morgan fingerprint density at radius 3 is 2.46 bits per heavy atom. The quantitative estimate of drug-likeness (QED) is 0.171. The fraction of sp³-hybridized carbons (Fsp3) is 0.250. The molecule has 0 aliphatic carbocycles. The molecule has 1 aromatic rings. The van der Waals surface area contributed by atoms with Crippen molar-refractivity contribution in [3.63, 3.8) is 0 Å². The van der Waals surface area contributed by atoms with Crippen LogP contribution in [0.25, 0.3) is 0 Å². The Hall–Kier alpha value is -2.14. The Morgan fingerprint density at radius 2 is 1.92 bits per heavy atom. The number of aromatic hydroxyl groups is 1. The van der Waals surface area contributed by atoms with Crippen molar-refractivity contribution in [2.45, 2.75) is 12.2 Å². The smallest absolute Gasteiger partial charge is 0.469 e. The highest BCUT2D eigenvalue weighted by Gasteiger charge is 2.25. The van der Waals surface area contributed by atoms with Crippen molar-refractivity contribution in [1.29, 1.82) is 0 Å². The van der Waals surface area contributed by atoms with E-state index in [1.54, 1.807) is 0 Å². The largest absolute Gasteiger partial charge is 0.508 e. The number of phosphoric acid groups is 1. The first-order valence-electron chi connectivity index (χ1n) is 6.29. The zero-order chi connectivity index (χ0) is 18.5. The van der Waals surface area contributed by atoms with E-state index in [0.717, 1.165) is 12.3 Å². The third-order valence-electron chi connectivity index (χ3n) is 2.69. The van der Waals surface area contributed by atoms with E-state index in [4.69, 9.17) is 14.9 Å². The molecule has 0 fully saturated rings. The van der Waals surface area contributed by atoms with E-state index in [1.165, 1.54) is 12.1 Å². The van der Waals surface area contributed by atoms with E-state index in [1.807, 2.05) is 0 Å². The maximum atomic E-state index is 11.0. The van der Waals surface area contributed by atoms with Gasteiger partial charge < -0.3 is 40.6 Å². The maximum Gasteiger partial charge on any atom is 0.469 e. The van der Waals surface area contributed by atoms with Crippen LogP contribution in [0.5, 0.6) is 5.75 Å². The summed E-state index contributed by atoms with van der Waals surface area (Å²) in [6, 6.07) is 3.33. The minimum absolute atomic E-state index is 0.0278. The lowest BCUT2D eigenvalue weighted by Gasteiger charge is -2.17. The van der Waals surface area contributed by atoms with Crippen LogP contribution in [0, 0.1) is 0 Å². The molecule has 0 unspecified atom stereocenters. The summed E-state index contributed by atoms with van der Waals surface area (Å²) in [5, 5.41) is 49.2. The van der Waals surface area contributed by atoms with Crippen molar-refractivity contribution >= 4 is 19.5 Å². The minimum Gasteiger partial charge on any atom is -0.508 e. The normalized spacial score (nSPS) is 14.9. The molecule has 0 bridgehead atoms. The molecule has 0 heterocycles. The number of phenolic OH excluding ortho intramolecular Hbond substituents is 1. The molecule has 24 heavy (non-hydrogen) atoms. The highest BCUT2D eigenvalue weighted by Crippen LogP contribution is 2.35. The van der Waals surface area contributed by atoms with Gasteiger partial charge in [-0.25, -0.2) is 9.36 Å². The Balaban J connectivity index is 2.79. The number of rotatable bonds is 8. The van der Waals surface area contributed by atoms with Crippen LogP contribution >= 0.6 is 7.82 Å². The van der Waals surface area contributed by atoms with Gasteiger partial charge in [-0.15, -0.1) is 0 Å². The molecule has 1 aromatic carbocycles. The van der Waals surface area contributed by atoms with Gasteiger partial charge in [0.1, 0.15) is 23.7 Å². The van der Waals surface area contributed by atoms with Crippen LogP contribution in [-0.2, 0) is 9.09 Å². The number of aliphatic hydroxyl groups excluding tert-OH is 3. The lowest BCUT2D eigenvalue weighted by molar-refractivity contribution is -0.0133. The average molecular weight is 365 g/mol. The van der Waals surface area contributed by atoms with Gasteiger partial charge in [0.25, 0.3) is 0 Å². The third kappa shape index (κ3) is 6.16. The van der Waals surface area contributed by atoms with E-state index < -0.39 is 38.4 Å². The summed E-state index contributed by atoms with van der Waals surface area (Å²) in [7, 11) is -4.85. The van der Waals surface area contributed by atoms with Crippen LogP contribution in [0.2, 0.25) is 0 Å². The lowest BCUT2D eigenvalue weighted by Crippen LogP contribution is -2.32. The van der Waals surface area contributed by atoms with E-state index >= 15 is 0 Å². The number of carboxylic acid groups (broad SMARTS) is 1. The summed E-state index contributed by atoms with van der Waals surface area (Å²) in [5.74, 6) is -2.51. The summed E-state index contributed by atoms with van der Waals surface area (Å²) in [6.07, 6.45) is -3.03. The van der Waals surface area contributed by atoms with Gasteiger partial charge in [-0.3, -0.25) is 4.52 Å². The predicted octanol–water partition coefficient (Wildman–Crippen LogP) is -0.267. The fourth-order valence-corrected chi connectivity index (χ4v) is 1.88. The molecular weight excluding hydrogens is 349 g/mol. The molecule has 0 aliphatic heterocycles. The van der Waals surface area contributed by atoms with Crippen molar-refractivity contribution in [3.8, 4) is 5.75 Å². The predicted molar refractivity (Wildman–Crippen MR) is 79.4 cm³/mol. The molecule has 2 atom stereocenters. The molecule has 0 aliphatic rings. The number of carbonyl (C=O) groups is 1. The van der Waals surface area contributed by atoms with Crippen molar-refractivity contribution in [2.75, 3.05) is 11.9 Å². The third-order valence-corrected chi connectivity index (χ3v) is 3.18. The molecule has 0 amide bonds. The summed E-state index contributed by atoms with van der Waals surface area (Å²) >= 11 is 0. The molecule has 0 radical (unpaired) electrons. The van der Waals surface area contributed by atoms with Gasteiger partial charge in [0.15, 0.2) is 0 Å². The zero-order valence-corrected chi connectivity index (χ0v) is 12.9. The van der Waals surface area contributed by atoms with E-state index in [0.29, 0.717) is 0 Å². The highest BCUT2D eigenvalue weighted by molar-refractivity contribution is 7.46. The molecule has 0 spiro atoms. The van der Waals surface area contributed by atoms with Crippen LogP contribution in [0.1, 0.15) is 10.4 Å². The van der Waals surface area contributed by atoms with Crippen LogP contribution < -0.4 is 5.32 Å². The van der Waals surface area contributed by atoms with Crippen LogP contribution in [0.15, 0.2) is 30.2 Å². The Morgan fingerprint density at radius 1 is 1.29 bits per heavy atom. The van der Waals surface area contributed by atoms with Crippen molar-refractivity contribution in [2.24, 2.45) is 0 Å². The summed E-state index contributed by atoms with van der Waals surface area (Å²) in [6.45, 7) is -0.955. The topological polar surface area (TPSA) is 197 Å². The fourth-order valence-electron chi connectivity index (χ4n) is 1.53. The van der Waals surface area contributed by atoms with Gasteiger partial charge in [0, 0.05) is 6.20 Å². The second-order valence-corrected chi connectivity index (χ2v) is 5.79. The van der Waals surface area contributed by atoms with Crippen LogP contribution in [0.3, 0.4) is 0 Å². The Labute approximate surface area is 135 Å². The van der Waals surface area contributed by atoms with Gasteiger partial charge in [0.05, 0.1) is 17.9 Å². The number of phenols is 1. The maximum absolute atomic E-state index is 11.0. The number of hydrogen-bond donors (Lipinski definition) is 8. The summed E-state index contributed by atoms with van der Waals surface area (Å²) in [4.78, 5) is 28.0. The standard InChI is InChI=1S/C12H16NO10P/c14-6-1-2-8(7(3-6)12(18)19)13-4-9(15)11(17)10(16)5-23-24(20,21)22/h1-4,10-11,13-17H,5H2,(H,18,19)(H2,20,21,22)/b9-4-/t10-,11+/m1/s1. The SMILES string of the molecule is O=C(O)c1cc(O)ccc1N/C=C(\O)[C@H](O)[C@H](O)COP(=O)(O)O. The lowest BCUT2D eigenvalue weighted by atomic mass is 10.1. The first-order chi connectivity index (χ1) is 11.0. The molecule has 0 aromatic heterocycles. The van der Waals surface area contributed by atoms with Gasteiger partial charge in [0.2, 0.25) is 0 Å². The number of nitrogens with one attached hydrogen (secondary N) is 1. The Bertz CT molecular complexity index is 670. The molecule has 8 N–H and O–H groups in total. The molecule has 11 nitrogen and oxygen atoms in total. The van der Waals surface area contributed by atoms with Crippen molar-refractivity contribution in [3.05, 3.63) is 35.7 Å². The number of hydrogen-bond acceptors (Lipinski definition) is 8.